The van der Waals surface area contributed by atoms with Gasteiger partial charge < -0.3 is 15.3 Å². The molecule has 1 aliphatic rings. The molecule has 156 valence electrons. The zero-order valence-electron chi connectivity index (χ0n) is 17.1. The number of carboxylic acids is 1. The molecule has 4 heteroatoms. The lowest BCUT2D eigenvalue weighted by Gasteiger charge is -2.22. The van der Waals surface area contributed by atoms with Crippen LogP contribution in [0.4, 0.5) is 0 Å². The van der Waals surface area contributed by atoms with Crippen LogP contribution in [0.2, 0.25) is 0 Å². The standard InChI is InChI=1S/C24H36O4/c1-2-3-6-10-21(25)18-12-14-20(15-13-18)24-19(16-17-22(24)26)9-7-4-5-8-11-23(27)28/h4,7,12-15,19,21-22,24-26H,2-3,5-6,8-11,16-17H2,1H3,(H,27,28)/b7-4-/t19-,21+,22+,24?/m0/s1. The summed E-state index contributed by atoms with van der Waals surface area (Å²) in [6, 6.07) is 8.16. The molecule has 1 aromatic carbocycles. The molecule has 0 aromatic heterocycles. The lowest BCUT2D eigenvalue weighted by Crippen LogP contribution is -2.17. The van der Waals surface area contributed by atoms with Gasteiger partial charge in [0, 0.05) is 12.3 Å². The Balaban J connectivity index is 1.90. The highest BCUT2D eigenvalue weighted by Crippen LogP contribution is 2.42. The van der Waals surface area contributed by atoms with E-state index in [-0.39, 0.29) is 18.4 Å². The topological polar surface area (TPSA) is 77.8 Å². The zero-order valence-corrected chi connectivity index (χ0v) is 17.1. The molecule has 1 saturated carbocycles. The highest BCUT2D eigenvalue weighted by molar-refractivity contribution is 5.66. The van der Waals surface area contributed by atoms with E-state index in [1.165, 1.54) is 0 Å². The molecule has 3 N–H and O–H groups in total. The van der Waals surface area contributed by atoms with Crippen LogP contribution in [0.25, 0.3) is 0 Å². The molecule has 0 amide bonds. The number of rotatable bonds is 12. The first kappa shape index (κ1) is 22.6. The van der Waals surface area contributed by atoms with Gasteiger partial charge in [0.1, 0.15) is 0 Å². The number of benzene rings is 1. The van der Waals surface area contributed by atoms with Crippen molar-refractivity contribution in [3.8, 4) is 0 Å². The average Bonchev–Trinajstić information content (AvgIpc) is 3.05. The van der Waals surface area contributed by atoms with Crippen molar-refractivity contribution in [1.29, 1.82) is 0 Å². The van der Waals surface area contributed by atoms with Crippen LogP contribution < -0.4 is 0 Å². The van der Waals surface area contributed by atoms with E-state index in [1.807, 2.05) is 12.1 Å². The third kappa shape index (κ3) is 7.06. The van der Waals surface area contributed by atoms with E-state index in [0.717, 1.165) is 62.5 Å². The Morgan fingerprint density at radius 3 is 2.57 bits per heavy atom. The minimum Gasteiger partial charge on any atom is -0.481 e. The van der Waals surface area contributed by atoms with Gasteiger partial charge in [-0.3, -0.25) is 4.79 Å². The van der Waals surface area contributed by atoms with Gasteiger partial charge in [0.25, 0.3) is 0 Å². The maximum atomic E-state index is 10.5. The number of allylic oxidation sites excluding steroid dienone is 2. The molecule has 0 spiro atoms. The Labute approximate surface area is 169 Å². The smallest absolute Gasteiger partial charge is 0.303 e. The van der Waals surface area contributed by atoms with Crippen molar-refractivity contribution in [1.82, 2.24) is 0 Å². The monoisotopic (exact) mass is 388 g/mol. The van der Waals surface area contributed by atoms with Crippen molar-refractivity contribution in [3.63, 3.8) is 0 Å². The summed E-state index contributed by atoms with van der Waals surface area (Å²) in [5, 5.41) is 29.5. The SMILES string of the molecule is CCCCC[C@@H](O)c1ccc(C2[C@@H](C/C=C\CCCC(=O)O)CC[C@H]2O)cc1. The van der Waals surface area contributed by atoms with Crippen LogP contribution in [0, 0.1) is 5.92 Å². The number of hydrogen-bond acceptors (Lipinski definition) is 3. The normalized spacial score (nSPS) is 23.3. The highest BCUT2D eigenvalue weighted by atomic mass is 16.4. The van der Waals surface area contributed by atoms with Crippen LogP contribution in [0.1, 0.15) is 94.3 Å². The highest BCUT2D eigenvalue weighted by Gasteiger charge is 2.35. The molecule has 0 heterocycles. The molecule has 0 radical (unpaired) electrons. The number of hydrogen-bond donors (Lipinski definition) is 3. The molecule has 1 aliphatic carbocycles. The molecule has 2 rings (SSSR count). The fraction of sp³-hybridized carbons (Fsp3) is 0.625. The van der Waals surface area contributed by atoms with E-state index in [9.17, 15) is 15.0 Å². The first-order chi connectivity index (χ1) is 13.5. The van der Waals surface area contributed by atoms with E-state index in [4.69, 9.17) is 5.11 Å². The third-order valence-electron chi connectivity index (χ3n) is 5.91. The Kier molecular flexibility index (Phi) is 9.72. The van der Waals surface area contributed by atoms with Gasteiger partial charge >= 0.3 is 5.97 Å². The van der Waals surface area contributed by atoms with E-state index < -0.39 is 12.1 Å². The number of aliphatic hydroxyl groups is 2. The van der Waals surface area contributed by atoms with Crippen LogP contribution in [0.3, 0.4) is 0 Å². The predicted molar refractivity (Wildman–Crippen MR) is 112 cm³/mol. The zero-order chi connectivity index (χ0) is 20.4. The quantitative estimate of drug-likeness (QED) is 0.333. The Hall–Kier alpha value is -1.65. The number of aliphatic carboxylic acids is 1. The molecular weight excluding hydrogens is 352 g/mol. The number of aliphatic hydroxyl groups excluding tert-OH is 2. The number of carboxylic acid groups (broad SMARTS) is 1. The first-order valence-electron chi connectivity index (χ1n) is 10.9. The fourth-order valence-electron chi connectivity index (χ4n) is 4.27. The van der Waals surface area contributed by atoms with Crippen LogP contribution >= 0.6 is 0 Å². The summed E-state index contributed by atoms with van der Waals surface area (Å²) in [4.78, 5) is 10.5. The van der Waals surface area contributed by atoms with E-state index >= 15 is 0 Å². The molecular formula is C24H36O4. The Morgan fingerprint density at radius 1 is 1.14 bits per heavy atom. The molecule has 28 heavy (non-hydrogen) atoms. The second kappa shape index (κ2) is 12.0. The number of unbranched alkanes of at least 4 members (excludes halogenated alkanes) is 3. The Bertz CT molecular complexity index is 608. The van der Waals surface area contributed by atoms with Crippen LogP contribution in [0.15, 0.2) is 36.4 Å². The maximum absolute atomic E-state index is 10.5. The van der Waals surface area contributed by atoms with Crippen molar-refractivity contribution in [2.24, 2.45) is 5.92 Å². The van der Waals surface area contributed by atoms with Crippen molar-refractivity contribution < 1.29 is 20.1 Å². The van der Waals surface area contributed by atoms with Gasteiger partial charge in [0.05, 0.1) is 12.2 Å². The van der Waals surface area contributed by atoms with Crippen LogP contribution in [-0.2, 0) is 4.79 Å². The average molecular weight is 389 g/mol. The van der Waals surface area contributed by atoms with Gasteiger partial charge in [-0.25, -0.2) is 0 Å². The minimum absolute atomic E-state index is 0.134. The first-order valence-corrected chi connectivity index (χ1v) is 10.9. The summed E-state index contributed by atoms with van der Waals surface area (Å²) in [7, 11) is 0. The molecule has 0 bridgehead atoms. The van der Waals surface area contributed by atoms with Gasteiger partial charge in [-0.1, -0.05) is 62.6 Å². The maximum Gasteiger partial charge on any atom is 0.303 e. The van der Waals surface area contributed by atoms with Gasteiger partial charge in [-0.05, 0) is 55.6 Å². The summed E-state index contributed by atoms with van der Waals surface area (Å²) in [6.07, 6.45) is 12.1. The van der Waals surface area contributed by atoms with Crippen LogP contribution in [0.5, 0.6) is 0 Å². The number of carbonyl (C=O) groups is 1. The largest absolute Gasteiger partial charge is 0.481 e. The summed E-state index contributed by atoms with van der Waals surface area (Å²) in [5.74, 6) is -0.202. The van der Waals surface area contributed by atoms with Crippen LogP contribution in [-0.4, -0.2) is 27.4 Å². The van der Waals surface area contributed by atoms with Crippen molar-refractivity contribution in [2.45, 2.75) is 89.3 Å². The third-order valence-corrected chi connectivity index (χ3v) is 5.91. The van der Waals surface area contributed by atoms with Crippen molar-refractivity contribution in [2.75, 3.05) is 0 Å². The lowest BCUT2D eigenvalue weighted by molar-refractivity contribution is -0.137. The van der Waals surface area contributed by atoms with Gasteiger partial charge in [-0.15, -0.1) is 0 Å². The molecule has 0 saturated heterocycles. The minimum atomic E-state index is -0.744. The Morgan fingerprint density at radius 2 is 1.89 bits per heavy atom. The van der Waals surface area contributed by atoms with E-state index in [0.29, 0.717) is 12.3 Å². The fourth-order valence-corrected chi connectivity index (χ4v) is 4.27. The summed E-state index contributed by atoms with van der Waals surface area (Å²) < 4.78 is 0. The van der Waals surface area contributed by atoms with Gasteiger partial charge in [0.15, 0.2) is 0 Å². The van der Waals surface area contributed by atoms with Crippen molar-refractivity contribution in [3.05, 3.63) is 47.5 Å². The second-order valence-electron chi connectivity index (χ2n) is 8.10. The molecule has 1 fully saturated rings. The summed E-state index contributed by atoms with van der Waals surface area (Å²) >= 11 is 0. The molecule has 1 unspecified atom stereocenters. The lowest BCUT2D eigenvalue weighted by atomic mass is 9.85. The van der Waals surface area contributed by atoms with Gasteiger partial charge in [-0.2, -0.15) is 0 Å². The summed E-state index contributed by atoms with van der Waals surface area (Å²) in [5.41, 5.74) is 2.11. The van der Waals surface area contributed by atoms with E-state index in [2.05, 4.69) is 31.2 Å². The predicted octanol–water partition coefficient (Wildman–Crippen LogP) is 5.36. The van der Waals surface area contributed by atoms with Crippen molar-refractivity contribution >= 4 is 5.97 Å². The molecule has 0 aliphatic heterocycles. The van der Waals surface area contributed by atoms with E-state index in [1.54, 1.807) is 0 Å². The van der Waals surface area contributed by atoms with Gasteiger partial charge in [0.2, 0.25) is 0 Å². The molecule has 4 atom stereocenters. The summed E-state index contributed by atoms with van der Waals surface area (Å²) in [6.45, 7) is 2.16. The second-order valence-corrected chi connectivity index (χ2v) is 8.10. The molecule has 4 nitrogen and oxygen atoms in total. The molecule has 1 aromatic rings.